The Morgan fingerprint density at radius 3 is 2.43 bits per heavy atom. The molecular weight excluding hydrogens is 305 g/mol. The maximum absolute atomic E-state index is 6.28. The van der Waals surface area contributed by atoms with E-state index in [1.807, 2.05) is 32.0 Å². The van der Waals surface area contributed by atoms with E-state index in [-0.39, 0.29) is 6.04 Å². The molecular formula is C17H19Cl2NO. The SMILES string of the molecule is COc1cc(C)ccc1C(C)Nc1cc(Cl)c(C)cc1Cl. The van der Waals surface area contributed by atoms with E-state index in [4.69, 9.17) is 27.9 Å². The molecule has 0 radical (unpaired) electrons. The summed E-state index contributed by atoms with van der Waals surface area (Å²) >= 11 is 12.5. The minimum atomic E-state index is 0.0526. The first-order valence-electron chi connectivity index (χ1n) is 6.79. The molecule has 2 nitrogen and oxygen atoms in total. The van der Waals surface area contributed by atoms with Gasteiger partial charge in [0.25, 0.3) is 0 Å². The van der Waals surface area contributed by atoms with E-state index in [1.54, 1.807) is 7.11 Å². The van der Waals surface area contributed by atoms with E-state index in [1.165, 1.54) is 5.56 Å². The third-order valence-electron chi connectivity index (χ3n) is 3.48. The van der Waals surface area contributed by atoms with E-state index < -0.39 is 0 Å². The first-order chi connectivity index (χ1) is 9.92. The highest BCUT2D eigenvalue weighted by Gasteiger charge is 2.13. The Hall–Kier alpha value is -1.38. The van der Waals surface area contributed by atoms with Crippen LogP contribution in [-0.2, 0) is 0 Å². The highest BCUT2D eigenvalue weighted by molar-refractivity contribution is 6.35. The molecule has 0 aliphatic heterocycles. The zero-order chi connectivity index (χ0) is 15.6. The predicted octanol–water partition coefficient (Wildman–Crippen LogP) is 5.79. The van der Waals surface area contributed by atoms with Crippen LogP contribution in [0.2, 0.25) is 10.0 Å². The summed E-state index contributed by atoms with van der Waals surface area (Å²) in [6.07, 6.45) is 0. The summed E-state index contributed by atoms with van der Waals surface area (Å²) in [4.78, 5) is 0. The van der Waals surface area contributed by atoms with Gasteiger partial charge in [0.1, 0.15) is 5.75 Å². The maximum Gasteiger partial charge on any atom is 0.124 e. The van der Waals surface area contributed by atoms with Crippen LogP contribution in [0.5, 0.6) is 5.75 Å². The highest BCUT2D eigenvalue weighted by Crippen LogP contribution is 2.33. The number of aryl methyl sites for hydroxylation is 2. The molecule has 0 saturated carbocycles. The lowest BCUT2D eigenvalue weighted by Crippen LogP contribution is -2.09. The minimum Gasteiger partial charge on any atom is -0.496 e. The molecule has 0 fully saturated rings. The van der Waals surface area contributed by atoms with Crippen LogP contribution in [0.15, 0.2) is 30.3 Å². The number of anilines is 1. The van der Waals surface area contributed by atoms with Crippen molar-refractivity contribution in [2.75, 3.05) is 12.4 Å². The van der Waals surface area contributed by atoms with Gasteiger partial charge in [0.05, 0.1) is 23.9 Å². The summed E-state index contributed by atoms with van der Waals surface area (Å²) in [6.45, 7) is 6.04. The molecule has 0 spiro atoms. The third-order valence-corrected chi connectivity index (χ3v) is 4.20. The lowest BCUT2D eigenvalue weighted by molar-refractivity contribution is 0.407. The van der Waals surface area contributed by atoms with Gasteiger partial charge in [-0.15, -0.1) is 0 Å². The average molecular weight is 324 g/mol. The van der Waals surface area contributed by atoms with Crippen LogP contribution in [0.4, 0.5) is 5.69 Å². The molecule has 0 aliphatic rings. The summed E-state index contributed by atoms with van der Waals surface area (Å²) in [5.74, 6) is 0.865. The molecule has 1 N–H and O–H groups in total. The molecule has 112 valence electrons. The molecule has 1 unspecified atom stereocenters. The van der Waals surface area contributed by atoms with Crippen LogP contribution in [-0.4, -0.2) is 7.11 Å². The molecule has 1 atom stereocenters. The molecule has 21 heavy (non-hydrogen) atoms. The molecule has 0 heterocycles. The standard InChI is InChI=1S/C17H19Cl2NO/c1-10-5-6-13(17(7-10)21-4)12(3)20-16-9-14(18)11(2)8-15(16)19/h5-9,12,20H,1-4H3. The van der Waals surface area contributed by atoms with E-state index in [2.05, 4.69) is 24.4 Å². The van der Waals surface area contributed by atoms with Crippen LogP contribution >= 0.6 is 23.2 Å². The monoisotopic (exact) mass is 323 g/mol. The molecule has 0 saturated heterocycles. The third kappa shape index (κ3) is 3.63. The average Bonchev–Trinajstić information content (AvgIpc) is 2.44. The van der Waals surface area contributed by atoms with Gasteiger partial charge in [-0.05, 0) is 50.1 Å². The van der Waals surface area contributed by atoms with Gasteiger partial charge < -0.3 is 10.1 Å². The zero-order valence-electron chi connectivity index (χ0n) is 12.6. The smallest absolute Gasteiger partial charge is 0.124 e. The number of hydrogen-bond donors (Lipinski definition) is 1. The van der Waals surface area contributed by atoms with Crippen molar-refractivity contribution in [2.45, 2.75) is 26.8 Å². The number of nitrogens with one attached hydrogen (secondary N) is 1. The molecule has 0 aliphatic carbocycles. The molecule has 4 heteroatoms. The van der Waals surface area contributed by atoms with Gasteiger partial charge in [0.2, 0.25) is 0 Å². The normalized spacial score (nSPS) is 12.1. The second kappa shape index (κ2) is 6.59. The van der Waals surface area contributed by atoms with Crippen molar-refractivity contribution in [3.05, 3.63) is 57.1 Å². The summed E-state index contributed by atoms with van der Waals surface area (Å²) in [5, 5.41) is 4.75. The van der Waals surface area contributed by atoms with Crippen LogP contribution in [0.3, 0.4) is 0 Å². The van der Waals surface area contributed by atoms with E-state index in [0.29, 0.717) is 10.0 Å². The second-order valence-corrected chi connectivity index (χ2v) is 6.01. The Kier molecular flexibility index (Phi) is 5.02. The van der Waals surface area contributed by atoms with Gasteiger partial charge in [-0.25, -0.2) is 0 Å². The van der Waals surface area contributed by atoms with Crippen molar-refractivity contribution in [3.63, 3.8) is 0 Å². The quantitative estimate of drug-likeness (QED) is 0.768. The fourth-order valence-electron chi connectivity index (χ4n) is 2.24. The van der Waals surface area contributed by atoms with Gasteiger partial charge in [0, 0.05) is 10.6 Å². The Morgan fingerprint density at radius 2 is 1.76 bits per heavy atom. The van der Waals surface area contributed by atoms with Crippen LogP contribution in [0.25, 0.3) is 0 Å². The van der Waals surface area contributed by atoms with Crippen molar-refractivity contribution in [1.29, 1.82) is 0 Å². The molecule has 0 aromatic heterocycles. The van der Waals surface area contributed by atoms with Crippen molar-refractivity contribution < 1.29 is 4.74 Å². The van der Waals surface area contributed by atoms with Crippen LogP contribution < -0.4 is 10.1 Å². The summed E-state index contributed by atoms with van der Waals surface area (Å²) < 4.78 is 5.46. The van der Waals surface area contributed by atoms with E-state index >= 15 is 0 Å². The van der Waals surface area contributed by atoms with E-state index in [9.17, 15) is 0 Å². The minimum absolute atomic E-state index is 0.0526. The van der Waals surface area contributed by atoms with Crippen molar-refractivity contribution in [2.24, 2.45) is 0 Å². The fourth-order valence-corrected chi connectivity index (χ4v) is 2.68. The number of rotatable bonds is 4. The molecule has 2 rings (SSSR count). The molecule has 0 amide bonds. The lowest BCUT2D eigenvalue weighted by atomic mass is 10.0. The number of halogens is 2. The number of methoxy groups -OCH3 is 1. The van der Waals surface area contributed by atoms with Gasteiger partial charge in [-0.1, -0.05) is 35.3 Å². The Bertz CT molecular complexity index is 655. The Balaban J connectivity index is 2.30. The zero-order valence-corrected chi connectivity index (χ0v) is 14.1. The first-order valence-corrected chi connectivity index (χ1v) is 7.54. The van der Waals surface area contributed by atoms with Gasteiger partial charge in [0.15, 0.2) is 0 Å². The lowest BCUT2D eigenvalue weighted by Gasteiger charge is -2.20. The summed E-state index contributed by atoms with van der Waals surface area (Å²) in [6, 6.07) is 9.94. The topological polar surface area (TPSA) is 21.3 Å². The second-order valence-electron chi connectivity index (χ2n) is 5.19. The van der Waals surface area contributed by atoms with Gasteiger partial charge in [-0.3, -0.25) is 0 Å². The van der Waals surface area contributed by atoms with Crippen LogP contribution in [0.1, 0.15) is 29.7 Å². The van der Waals surface area contributed by atoms with Gasteiger partial charge >= 0.3 is 0 Å². The Labute approximate surface area is 136 Å². The molecule has 2 aromatic carbocycles. The number of ether oxygens (including phenoxy) is 1. The molecule has 0 bridgehead atoms. The van der Waals surface area contributed by atoms with Gasteiger partial charge in [-0.2, -0.15) is 0 Å². The van der Waals surface area contributed by atoms with Crippen LogP contribution in [0, 0.1) is 13.8 Å². The maximum atomic E-state index is 6.28. The number of hydrogen-bond acceptors (Lipinski definition) is 2. The number of benzene rings is 2. The Morgan fingerprint density at radius 1 is 1.05 bits per heavy atom. The summed E-state index contributed by atoms with van der Waals surface area (Å²) in [7, 11) is 1.68. The predicted molar refractivity (Wildman–Crippen MR) is 91.0 cm³/mol. The summed E-state index contributed by atoms with van der Waals surface area (Å²) in [5.41, 5.74) is 4.03. The highest BCUT2D eigenvalue weighted by atomic mass is 35.5. The van der Waals surface area contributed by atoms with Crippen molar-refractivity contribution in [1.82, 2.24) is 0 Å². The van der Waals surface area contributed by atoms with Crippen molar-refractivity contribution >= 4 is 28.9 Å². The largest absolute Gasteiger partial charge is 0.496 e. The van der Waals surface area contributed by atoms with Crippen molar-refractivity contribution in [3.8, 4) is 5.75 Å². The molecule has 2 aromatic rings. The first kappa shape index (κ1) is 16.0. The fraction of sp³-hybridized carbons (Fsp3) is 0.294. The van der Waals surface area contributed by atoms with E-state index in [0.717, 1.165) is 22.6 Å².